The highest BCUT2D eigenvalue weighted by atomic mass is 32.2. The predicted octanol–water partition coefficient (Wildman–Crippen LogP) is 2.90. The van der Waals surface area contributed by atoms with Crippen molar-refractivity contribution < 1.29 is 0 Å². The Morgan fingerprint density at radius 1 is 1.35 bits per heavy atom. The van der Waals surface area contributed by atoms with Gasteiger partial charge in [-0.2, -0.15) is 11.8 Å². The van der Waals surface area contributed by atoms with Crippen LogP contribution in [0.4, 0.5) is 0 Å². The van der Waals surface area contributed by atoms with Crippen molar-refractivity contribution in [2.75, 3.05) is 45.0 Å². The average Bonchev–Trinajstić information content (AvgIpc) is 2.50. The molecular weight excluding hydrogens is 304 g/mol. The van der Waals surface area contributed by atoms with Crippen molar-refractivity contribution >= 4 is 17.7 Å². The van der Waals surface area contributed by atoms with Gasteiger partial charge in [0, 0.05) is 49.3 Å². The van der Waals surface area contributed by atoms with Gasteiger partial charge < -0.3 is 15.1 Å². The second-order valence-electron chi connectivity index (χ2n) is 7.82. The molecule has 0 amide bonds. The molecule has 1 N–H and O–H groups in total. The first-order valence-corrected chi connectivity index (χ1v) is 10.3. The third-order valence-electron chi connectivity index (χ3n) is 4.84. The van der Waals surface area contributed by atoms with Crippen LogP contribution in [-0.2, 0) is 0 Å². The van der Waals surface area contributed by atoms with Crippen LogP contribution in [0.5, 0.6) is 0 Å². The van der Waals surface area contributed by atoms with Crippen LogP contribution in [0, 0.1) is 5.92 Å². The summed E-state index contributed by atoms with van der Waals surface area (Å²) in [6.45, 7) is 18.1. The number of thioether (sulfide) groups is 1. The van der Waals surface area contributed by atoms with Crippen molar-refractivity contribution in [3.63, 3.8) is 0 Å². The Labute approximate surface area is 147 Å². The fourth-order valence-electron chi connectivity index (χ4n) is 3.55. The van der Waals surface area contributed by atoms with Gasteiger partial charge in [0.15, 0.2) is 5.96 Å². The average molecular weight is 341 g/mol. The zero-order chi connectivity index (χ0) is 16.9. The van der Waals surface area contributed by atoms with Gasteiger partial charge in [-0.15, -0.1) is 0 Å². The maximum absolute atomic E-state index is 5.02. The summed E-state index contributed by atoms with van der Waals surface area (Å²) in [6, 6.07) is 0.662. The number of nitrogens with zero attached hydrogens (tertiary/aromatic N) is 3. The fraction of sp³-hybridized carbons (Fsp3) is 0.944. The standard InChI is InChI=1S/C18H36N4S/c1-6-19-17(22-10-11-23-18(4,5)14-22)20-12-16-8-7-9-21(13-16)15(2)3/h15-16H,6-14H2,1-5H3,(H,19,20). The summed E-state index contributed by atoms with van der Waals surface area (Å²) < 4.78 is 0.327. The Kier molecular flexibility index (Phi) is 7.08. The monoisotopic (exact) mass is 340 g/mol. The zero-order valence-corrected chi connectivity index (χ0v) is 16.6. The first-order valence-electron chi connectivity index (χ1n) is 9.32. The molecular formula is C18H36N4S. The highest BCUT2D eigenvalue weighted by Gasteiger charge is 2.29. The molecule has 2 saturated heterocycles. The van der Waals surface area contributed by atoms with Gasteiger partial charge in [0.05, 0.1) is 0 Å². The van der Waals surface area contributed by atoms with Crippen LogP contribution in [0.25, 0.3) is 0 Å². The van der Waals surface area contributed by atoms with Crippen molar-refractivity contribution in [2.24, 2.45) is 10.9 Å². The quantitative estimate of drug-likeness (QED) is 0.630. The second kappa shape index (κ2) is 8.61. The van der Waals surface area contributed by atoms with Gasteiger partial charge >= 0.3 is 0 Å². The SMILES string of the molecule is CCNC(=NCC1CCCN(C(C)C)C1)N1CCSC(C)(C)C1. The molecule has 23 heavy (non-hydrogen) atoms. The van der Waals surface area contributed by atoms with Gasteiger partial charge in [0.2, 0.25) is 0 Å². The Morgan fingerprint density at radius 2 is 2.13 bits per heavy atom. The molecule has 4 nitrogen and oxygen atoms in total. The third kappa shape index (κ3) is 5.86. The Morgan fingerprint density at radius 3 is 2.78 bits per heavy atom. The number of piperidine rings is 1. The number of hydrogen-bond donors (Lipinski definition) is 1. The largest absolute Gasteiger partial charge is 0.357 e. The van der Waals surface area contributed by atoms with E-state index in [2.05, 4.69) is 61.5 Å². The van der Waals surface area contributed by atoms with E-state index in [9.17, 15) is 0 Å². The Balaban J connectivity index is 1.95. The highest BCUT2D eigenvalue weighted by Crippen LogP contribution is 2.29. The molecule has 0 saturated carbocycles. The van der Waals surface area contributed by atoms with E-state index in [4.69, 9.17) is 4.99 Å². The van der Waals surface area contributed by atoms with Crippen LogP contribution in [0.15, 0.2) is 4.99 Å². The Hall–Kier alpha value is -0.420. The van der Waals surface area contributed by atoms with Crippen LogP contribution in [0.1, 0.15) is 47.5 Å². The molecule has 0 aliphatic carbocycles. The minimum absolute atomic E-state index is 0.327. The maximum atomic E-state index is 5.02. The second-order valence-corrected chi connectivity index (χ2v) is 9.62. The van der Waals surface area contributed by atoms with Crippen molar-refractivity contribution in [3.8, 4) is 0 Å². The van der Waals surface area contributed by atoms with E-state index in [0.717, 1.165) is 32.1 Å². The summed E-state index contributed by atoms with van der Waals surface area (Å²) in [5.74, 6) is 3.04. The normalized spacial score (nSPS) is 26.6. The van der Waals surface area contributed by atoms with Crippen molar-refractivity contribution in [3.05, 3.63) is 0 Å². The first kappa shape index (κ1) is 18.9. The van der Waals surface area contributed by atoms with E-state index in [1.54, 1.807) is 0 Å². The maximum Gasteiger partial charge on any atom is 0.193 e. The third-order valence-corrected chi connectivity index (χ3v) is 6.14. The molecule has 0 aromatic rings. The predicted molar refractivity (Wildman–Crippen MR) is 104 cm³/mol. The number of nitrogens with one attached hydrogen (secondary N) is 1. The van der Waals surface area contributed by atoms with E-state index < -0.39 is 0 Å². The number of guanidine groups is 1. The summed E-state index contributed by atoms with van der Waals surface area (Å²) >= 11 is 2.08. The molecule has 0 bridgehead atoms. The van der Waals surface area contributed by atoms with Crippen LogP contribution < -0.4 is 5.32 Å². The number of likely N-dealkylation sites (tertiary alicyclic amines) is 1. The minimum atomic E-state index is 0.327. The molecule has 2 aliphatic heterocycles. The van der Waals surface area contributed by atoms with Gasteiger partial charge in [-0.25, -0.2) is 0 Å². The Bertz CT molecular complexity index is 394. The molecule has 0 aromatic heterocycles. The van der Waals surface area contributed by atoms with Gasteiger partial charge in [-0.1, -0.05) is 0 Å². The smallest absolute Gasteiger partial charge is 0.193 e. The molecule has 2 aliphatic rings. The molecule has 2 rings (SSSR count). The van der Waals surface area contributed by atoms with Crippen LogP contribution in [0.2, 0.25) is 0 Å². The lowest BCUT2D eigenvalue weighted by atomic mass is 9.97. The molecule has 1 unspecified atom stereocenters. The molecule has 2 fully saturated rings. The van der Waals surface area contributed by atoms with Crippen LogP contribution >= 0.6 is 11.8 Å². The van der Waals surface area contributed by atoms with E-state index >= 15 is 0 Å². The minimum Gasteiger partial charge on any atom is -0.357 e. The number of aliphatic imine (C=N–C) groups is 1. The van der Waals surface area contributed by atoms with E-state index in [0.29, 0.717) is 16.7 Å². The van der Waals surface area contributed by atoms with Crippen molar-refractivity contribution in [1.82, 2.24) is 15.1 Å². The molecule has 134 valence electrons. The number of hydrogen-bond acceptors (Lipinski definition) is 3. The van der Waals surface area contributed by atoms with Crippen molar-refractivity contribution in [1.29, 1.82) is 0 Å². The summed E-state index contributed by atoms with van der Waals surface area (Å²) in [6.07, 6.45) is 2.65. The van der Waals surface area contributed by atoms with E-state index in [1.807, 2.05) is 0 Å². The highest BCUT2D eigenvalue weighted by molar-refractivity contribution is 8.00. The lowest BCUT2D eigenvalue weighted by Crippen LogP contribution is -2.51. The van der Waals surface area contributed by atoms with Crippen molar-refractivity contribution in [2.45, 2.75) is 58.2 Å². The van der Waals surface area contributed by atoms with Gasteiger partial charge in [-0.05, 0) is 59.9 Å². The van der Waals surface area contributed by atoms with Gasteiger partial charge in [-0.3, -0.25) is 4.99 Å². The first-order chi connectivity index (χ1) is 10.9. The fourth-order valence-corrected chi connectivity index (χ4v) is 4.67. The molecule has 5 heteroatoms. The number of rotatable bonds is 4. The molecule has 2 heterocycles. The summed E-state index contributed by atoms with van der Waals surface area (Å²) in [4.78, 5) is 10.1. The molecule has 0 spiro atoms. The molecule has 0 radical (unpaired) electrons. The van der Waals surface area contributed by atoms with E-state index in [1.165, 1.54) is 31.7 Å². The van der Waals surface area contributed by atoms with Crippen LogP contribution in [0.3, 0.4) is 0 Å². The van der Waals surface area contributed by atoms with Gasteiger partial charge in [0.25, 0.3) is 0 Å². The van der Waals surface area contributed by atoms with Gasteiger partial charge in [0.1, 0.15) is 0 Å². The summed E-state index contributed by atoms with van der Waals surface area (Å²) in [5.41, 5.74) is 0. The topological polar surface area (TPSA) is 30.9 Å². The lowest BCUT2D eigenvalue weighted by molar-refractivity contribution is 0.143. The molecule has 0 aromatic carbocycles. The lowest BCUT2D eigenvalue weighted by Gasteiger charge is -2.39. The van der Waals surface area contributed by atoms with Crippen LogP contribution in [-0.4, -0.2) is 71.6 Å². The summed E-state index contributed by atoms with van der Waals surface area (Å²) in [7, 11) is 0. The summed E-state index contributed by atoms with van der Waals surface area (Å²) in [5, 5.41) is 3.52. The zero-order valence-electron chi connectivity index (χ0n) is 15.8. The van der Waals surface area contributed by atoms with E-state index in [-0.39, 0.29) is 0 Å². The molecule has 1 atom stereocenters.